The third-order valence-corrected chi connectivity index (χ3v) is 4.19. The average molecular weight is 289 g/mol. The average Bonchev–Trinajstić information content (AvgIpc) is 3.01. The van der Waals surface area contributed by atoms with Gasteiger partial charge in [-0.25, -0.2) is 4.98 Å². The van der Waals surface area contributed by atoms with E-state index in [4.69, 9.17) is 9.15 Å². The molecule has 1 N–H and O–H groups in total. The minimum absolute atomic E-state index is 0.752. The molecule has 0 aliphatic carbocycles. The first-order valence-electron chi connectivity index (χ1n) is 7.65. The van der Waals surface area contributed by atoms with Crippen LogP contribution in [0.15, 0.2) is 29.0 Å². The molecule has 1 saturated heterocycles. The summed E-state index contributed by atoms with van der Waals surface area (Å²) in [6.45, 7) is 4.93. The van der Waals surface area contributed by atoms with Gasteiger partial charge in [-0.05, 0) is 37.4 Å². The van der Waals surface area contributed by atoms with Crippen LogP contribution < -0.4 is 10.2 Å². The van der Waals surface area contributed by atoms with Gasteiger partial charge in [0.05, 0.1) is 18.3 Å². The minimum Gasteiger partial charge on any atom is -0.464 e. The van der Waals surface area contributed by atoms with Crippen molar-refractivity contribution in [3.63, 3.8) is 0 Å². The van der Waals surface area contributed by atoms with E-state index < -0.39 is 0 Å². The lowest BCUT2D eigenvalue weighted by Crippen LogP contribution is -2.38. The van der Waals surface area contributed by atoms with Gasteiger partial charge in [-0.2, -0.15) is 0 Å². The van der Waals surface area contributed by atoms with E-state index in [0.29, 0.717) is 0 Å². The van der Waals surface area contributed by atoms with E-state index in [-0.39, 0.29) is 0 Å². The Hall–Kier alpha value is -1.59. The molecule has 3 heterocycles. The van der Waals surface area contributed by atoms with Crippen molar-refractivity contribution < 1.29 is 9.15 Å². The summed E-state index contributed by atoms with van der Waals surface area (Å²) in [5, 5.41) is 4.58. The molecular weight excluding hydrogens is 266 g/mol. The molecule has 3 rings (SSSR count). The second kappa shape index (κ2) is 6.91. The maximum Gasteiger partial charge on any atom is 0.139 e. The Morgan fingerprint density at radius 2 is 2.24 bits per heavy atom. The van der Waals surface area contributed by atoms with Crippen molar-refractivity contribution in [2.24, 2.45) is 5.92 Å². The monoisotopic (exact) mass is 289 g/mol. The lowest BCUT2D eigenvalue weighted by Gasteiger charge is -2.33. The highest BCUT2D eigenvalue weighted by Crippen LogP contribution is 2.28. The first kappa shape index (κ1) is 14.4. The molecule has 1 aliphatic heterocycles. The summed E-state index contributed by atoms with van der Waals surface area (Å²) >= 11 is 0. The number of anilines is 1. The first-order valence-corrected chi connectivity index (χ1v) is 7.65. The van der Waals surface area contributed by atoms with E-state index in [1.54, 1.807) is 13.4 Å². The van der Waals surface area contributed by atoms with Gasteiger partial charge in [-0.3, -0.25) is 0 Å². The number of nitrogens with one attached hydrogen (secondary N) is 1. The predicted molar refractivity (Wildman–Crippen MR) is 83.7 cm³/mol. The topological polar surface area (TPSA) is 50.5 Å². The van der Waals surface area contributed by atoms with Crippen LogP contribution in [-0.4, -0.2) is 44.9 Å². The molecule has 0 spiro atoms. The molecule has 21 heavy (non-hydrogen) atoms. The van der Waals surface area contributed by atoms with Crippen molar-refractivity contribution >= 4 is 16.8 Å². The maximum atomic E-state index is 5.46. The summed E-state index contributed by atoms with van der Waals surface area (Å²) in [6, 6.07) is 3.93. The highest BCUT2D eigenvalue weighted by molar-refractivity contribution is 5.88. The minimum atomic E-state index is 0.752. The van der Waals surface area contributed by atoms with Gasteiger partial charge < -0.3 is 19.4 Å². The summed E-state index contributed by atoms with van der Waals surface area (Å²) in [7, 11) is 1.74. The van der Waals surface area contributed by atoms with Crippen molar-refractivity contribution in [2.75, 3.05) is 44.8 Å². The first-order chi connectivity index (χ1) is 10.4. The predicted octanol–water partition coefficient (Wildman–Crippen LogP) is 2.28. The van der Waals surface area contributed by atoms with Crippen LogP contribution in [0.1, 0.15) is 12.8 Å². The van der Waals surface area contributed by atoms with E-state index >= 15 is 0 Å². The van der Waals surface area contributed by atoms with Crippen LogP contribution in [0.3, 0.4) is 0 Å². The van der Waals surface area contributed by atoms with E-state index in [1.807, 2.05) is 18.3 Å². The highest BCUT2D eigenvalue weighted by Gasteiger charge is 2.21. The van der Waals surface area contributed by atoms with Gasteiger partial charge in [-0.15, -0.1) is 0 Å². The van der Waals surface area contributed by atoms with Crippen molar-refractivity contribution in [1.82, 2.24) is 10.3 Å². The third kappa shape index (κ3) is 3.36. The fraction of sp³-hybridized carbons (Fsp3) is 0.562. The molecule has 0 atom stereocenters. The molecule has 114 valence electrons. The Morgan fingerprint density at radius 3 is 3.05 bits per heavy atom. The number of piperidine rings is 1. The van der Waals surface area contributed by atoms with Crippen molar-refractivity contribution in [3.8, 4) is 0 Å². The molecule has 1 fully saturated rings. The number of fused-ring (bicyclic) bond motifs is 1. The smallest absolute Gasteiger partial charge is 0.139 e. The Labute approximate surface area is 125 Å². The normalized spacial score (nSPS) is 16.7. The van der Waals surface area contributed by atoms with E-state index in [2.05, 4.69) is 15.2 Å². The standard InChI is InChI=1S/C16H23N3O2/c1-20-11-7-17-12-13-3-8-19(9-4-13)16-14-5-10-21-15(14)2-6-18-16/h2,5-6,10,13,17H,3-4,7-9,11-12H2,1H3. The molecule has 0 bridgehead atoms. The fourth-order valence-electron chi connectivity index (χ4n) is 2.96. The van der Waals surface area contributed by atoms with E-state index in [1.165, 1.54) is 12.8 Å². The summed E-state index contributed by atoms with van der Waals surface area (Å²) in [5.41, 5.74) is 0.920. The van der Waals surface area contributed by atoms with Crippen molar-refractivity contribution in [1.29, 1.82) is 0 Å². The van der Waals surface area contributed by atoms with Crippen molar-refractivity contribution in [3.05, 3.63) is 24.6 Å². The number of furan rings is 1. The SMILES string of the molecule is COCCNCC1CCN(c2nccc3occc23)CC1. The summed E-state index contributed by atoms with van der Waals surface area (Å²) in [6.07, 6.45) is 5.98. The molecule has 5 heteroatoms. The number of nitrogens with zero attached hydrogens (tertiary/aromatic N) is 2. The van der Waals surface area contributed by atoms with Crippen LogP contribution in [-0.2, 0) is 4.74 Å². The van der Waals surface area contributed by atoms with Crippen LogP contribution in [0.2, 0.25) is 0 Å². The van der Waals surface area contributed by atoms with Crippen LogP contribution in [0.4, 0.5) is 5.82 Å². The number of pyridine rings is 1. The molecule has 2 aromatic heterocycles. The van der Waals surface area contributed by atoms with Gasteiger partial charge in [-0.1, -0.05) is 0 Å². The number of methoxy groups -OCH3 is 1. The number of hydrogen-bond donors (Lipinski definition) is 1. The fourth-order valence-corrected chi connectivity index (χ4v) is 2.96. The quantitative estimate of drug-likeness (QED) is 0.827. The number of rotatable bonds is 6. The zero-order chi connectivity index (χ0) is 14.5. The van der Waals surface area contributed by atoms with Gasteiger partial charge in [0, 0.05) is 32.9 Å². The summed E-state index contributed by atoms with van der Waals surface area (Å²) in [4.78, 5) is 6.93. The lowest BCUT2D eigenvalue weighted by molar-refractivity contribution is 0.197. The van der Waals surface area contributed by atoms with Gasteiger partial charge >= 0.3 is 0 Å². The Bertz CT molecular complexity index is 561. The largest absolute Gasteiger partial charge is 0.464 e. The number of aromatic nitrogens is 1. The Morgan fingerprint density at radius 1 is 1.38 bits per heavy atom. The van der Waals surface area contributed by atoms with E-state index in [0.717, 1.165) is 55.5 Å². The molecule has 5 nitrogen and oxygen atoms in total. The molecule has 0 unspecified atom stereocenters. The Balaban J connectivity index is 1.55. The molecule has 2 aromatic rings. The van der Waals surface area contributed by atoms with Crippen molar-refractivity contribution in [2.45, 2.75) is 12.8 Å². The lowest BCUT2D eigenvalue weighted by atomic mass is 9.96. The van der Waals surface area contributed by atoms with Crippen LogP contribution >= 0.6 is 0 Å². The second-order valence-corrected chi connectivity index (χ2v) is 5.59. The van der Waals surface area contributed by atoms with Gasteiger partial charge in [0.15, 0.2) is 0 Å². The maximum absolute atomic E-state index is 5.46. The van der Waals surface area contributed by atoms with Crippen LogP contribution in [0, 0.1) is 5.92 Å². The number of hydrogen-bond acceptors (Lipinski definition) is 5. The molecule has 0 saturated carbocycles. The molecule has 0 aromatic carbocycles. The van der Waals surface area contributed by atoms with Crippen LogP contribution in [0.25, 0.3) is 11.0 Å². The molecular formula is C16H23N3O2. The molecule has 0 radical (unpaired) electrons. The summed E-state index contributed by atoms with van der Waals surface area (Å²) < 4.78 is 10.5. The van der Waals surface area contributed by atoms with Gasteiger partial charge in [0.1, 0.15) is 11.4 Å². The Kier molecular flexibility index (Phi) is 4.72. The molecule has 1 aliphatic rings. The van der Waals surface area contributed by atoms with Gasteiger partial charge in [0.25, 0.3) is 0 Å². The second-order valence-electron chi connectivity index (χ2n) is 5.59. The number of ether oxygens (including phenoxy) is 1. The zero-order valence-corrected chi connectivity index (χ0v) is 12.5. The zero-order valence-electron chi connectivity index (χ0n) is 12.5. The highest BCUT2D eigenvalue weighted by atomic mass is 16.5. The third-order valence-electron chi connectivity index (χ3n) is 4.19. The molecule has 0 amide bonds. The van der Waals surface area contributed by atoms with E-state index in [9.17, 15) is 0 Å². The van der Waals surface area contributed by atoms with Crippen LogP contribution in [0.5, 0.6) is 0 Å². The summed E-state index contributed by atoms with van der Waals surface area (Å²) in [5.74, 6) is 1.81. The van der Waals surface area contributed by atoms with Gasteiger partial charge in [0.2, 0.25) is 0 Å².